The number of hydrogen-bond acceptors (Lipinski definition) is 9. The molecule has 0 unspecified atom stereocenters. The minimum Gasteiger partial charge on any atom is -0.466 e. The molecule has 0 saturated heterocycles. The Hall–Kier alpha value is -4.12. The van der Waals surface area contributed by atoms with E-state index < -0.39 is 23.9 Å². The van der Waals surface area contributed by atoms with Crippen LogP contribution in [0.3, 0.4) is 0 Å². The molecular formula is C28H33N3O7S. The summed E-state index contributed by atoms with van der Waals surface area (Å²) in [6.07, 6.45) is 1.83. The maximum Gasteiger partial charge on any atom is 0.343 e. The number of esters is 3. The number of benzene rings is 2. The van der Waals surface area contributed by atoms with E-state index in [-0.39, 0.29) is 30.6 Å². The van der Waals surface area contributed by atoms with E-state index in [4.69, 9.17) is 25.4 Å². The predicted molar refractivity (Wildman–Crippen MR) is 150 cm³/mol. The van der Waals surface area contributed by atoms with Gasteiger partial charge in [-0.2, -0.15) is 11.8 Å². The van der Waals surface area contributed by atoms with E-state index in [1.807, 2.05) is 0 Å². The van der Waals surface area contributed by atoms with E-state index >= 15 is 0 Å². The lowest BCUT2D eigenvalue weighted by molar-refractivity contribution is -0.146. The third-order valence-electron chi connectivity index (χ3n) is 5.18. The Labute approximate surface area is 231 Å². The van der Waals surface area contributed by atoms with Gasteiger partial charge in [-0.3, -0.25) is 15.0 Å². The number of carbonyl (C=O) groups is 4. The molecule has 2 aromatic carbocycles. The minimum atomic E-state index is -0.880. The Kier molecular flexibility index (Phi) is 12.7. The number of nitrogens with two attached hydrogens (primary N) is 1. The summed E-state index contributed by atoms with van der Waals surface area (Å²) < 4.78 is 15.3. The summed E-state index contributed by atoms with van der Waals surface area (Å²) >= 11 is 1.34. The van der Waals surface area contributed by atoms with E-state index in [9.17, 15) is 19.2 Å². The van der Waals surface area contributed by atoms with Gasteiger partial charge in [-0.05, 0) is 68.8 Å². The number of thioether (sulfide) groups is 1. The first-order valence-corrected chi connectivity index (χ1v) is 13.5. The van der Waals surface area contributed by atoms with Crippen molar-refractivity contribution in [1.29, 1.82) is 5.41 Å². The third-order valence-corrected chi connectivity index (χ3v) is 6.24. The Bertz CT molecular complexity index is 1190. The molecule has 11 heteroatoms. The topological polar surface area (TPSA) is 158 Å². The first-order chi connectivity index (χ1) is 18.6. The van der Waals surface area contributed by atoms with Gasteiger partial charge in [-0.15, -0.1) is 0 Å². The molecule has 1 atom stereocenters. The summed E-state index contributed by atoms with van der Waals surface area (Å²) in [5, 5.41) is 10.1. The standard InChI is InChI=1S/C28H33N3O7S/c1-4-36-24(32)14-15-39-17-23(28(35)37-5-2)31-26(33)18(3)16-19-6-8-21(9-7-19)27(34)38-22-12-10-20(11-13-22)25(29)30/h6-13,16,23H,4-5,14-15,17H2,1-3H3,(H3,29,30)(H,31,33)/b18-16+/t23-/m0/s1. The maximum atomic E-state index is 12.8. The summed E-state index contributed by atoms with van der Waals surface area (Å²) in [4.78, 5) is 49.1. The van der Waals surface area contributed by atoms with Crippen LogP contribution in [-0.4, -0.2) is 60.4 Å². The summed E-state index contributed by atoms with van der Waals surface area (Å²) in [5.74, 6) is -0.962. The SMILES string of the molecule is CCOC(=O)CCSC[C@H](NC(=O)/C(C)=C/c1ccc(C(=O)Oc2ccc(C(=N)N)cc2)cc1)C(=O)OCC. The zero-order valence-electron chi connectivity index (χ0n) is 22.2. The van der Waals surface area contributed by atoms with Gasteiger partial charge in [0, 0.05) is 22.6 Å². The molecule has 2 rings (SSSR count). The highest BCUT2D eigenvalue weighted by Gasteiger charge is 2.23. The molecule has 0 spiro atoms. The van der Waals surface area contributed by atoms with Crippen LogP contribution in [0.25, 0.3) is 6.08 Å². The molecule has 208 valence electrons. The van der Waals surface area contributed by atoms with Crippen LogP contribution in [0.1, 0.15) is 48.7 Å². The molecule has 0 aliphatic rings. The van der Waals surface area contributed by atoms with E-state index in [0.717, 1.165) is 0 Å². The van der Waals surface area contributed by atoms with Gasteiger partial charge in [0.25, 0.3) is 0 Å². The molecule has 39 heavy (non-hydrogen) atoms. The summed E-state index contributed by atoms with van der Waals surface area (Å²) in [6.45, 7) is 5.50. The minimum absolute atomic E-state index is 0.0816. The lowest BCUT2D eigenvalue weighted by Gasteiger charge is -2.17. The molecule has 0 bridgehead atoms. The van der Waals surface area contributed by atoms with Gasteiger partial charge in [0.05, 0.1) is 25.2 Å². The van der Waals surface area contributed by atoms with Crippen molar-refractivity contribution in [3.05, 3.63) is 70.8 Å². The van der Waals surface area contributed by atoms with Crippen molar-refractivity contribution in [2.45, 2.75) is 33.2 Å². The van der Waals surface area contributed by atoms with Gasteiger partial charge < -0.3 is 25.3 Å². The maximum absolute atomic E-state index is 12.8. The van der Waals surface area contributed by atoms with Crippen LogP contribution < -0.4 is 15.8 Å². The molecule has 2 aromatic rings. The molecule has 0 aromatic heterocycles. The average Bonchev–Trinajstić information content (AvgIpc) is 2.91. The molecule has 10 nitrogen and oxygen atoms in total. The zero-order valence-corrected chi connectivity index (χ0v) is 23.0. The van der Waals surface area contributed by atoms with Gasteiger partial charge in [-0.25, -0.2) is 9.59 Å². The quantitative estimate of drug-likeness (QED) is 0.0794. The smallest absolute Gasteiger partial charge is 0.343 e. The Morgan fingerprint density at radius 1 is 0.974 bits per heavy atom. The largest absolute Gasteiger partial charge is 0.466 e. The first kappa shape index (κ1) is 31.1. The lowest BCUT2D eigenvalue weighted by atomic mass is 10.1. The number of rotatable bonds is 14. The first-order valence-electron chi connectivity index (χ1n) is 12.3. The molecule has 0 radical (unpaired) electrons. The van der Waals surface area contributed by atoms with Crippen LogP contribution >= 0.6 is 11.8 Å². The van der Waals surface area contributed by atoms with Gasteiger partial charge in [0.15, 0.2) is 0 Å². The van der Waals surface area contributed by atoms with Crippen LogP contribution in [0.4, 0.5) is 0 Å². The molecule has 0 saturated carbocycles. The Morgan fingerprint density at radius 3 is 2.18 bits per heavy atom. The van der Waals surface area contributed by atoms with Crippen LogP contribution in [0.5, 0.6) is 5.75 Å². The van der Waals surface area contributed by atoms with Crippen molar-refractivity contribution in [3.8, 4) is 5.75 Å². The fraction of sp³-hybridized carbons (Fsp3) is 0.321. The van der Waals surface area contributed by atoms with E-state index in [1.165, 1.54) is 11.8 Å². The highest BCUT2D eigenvalue weighted by atomic mass is 32.2. The monoisotopic (exact) mass is 555 g/mol. The van der Waals surface area contributed by atoms with Gasteiger partial charge in [-0.1, -0.05) is 12.1 Å². The van der Waals surface area contributed by atoms with E-state index in [0.29, 0.717) is 40.4 Å². The number of nitrogen functional groups attached to an aromatic ring is 1. The van der Waals surface area contributed by atoms with Crippen molar-refractivity contribution in [3.63, 3.8) is 0 Å². The highest BCUT2D eigenvalue weighted by Crippen LogP contribution is 2.16. The molecule has 4 N–H and O–H groups in total. The summed E-state index contributed by atoms with van der Waals surface area (Å²) in [5.41, 5.74) is 7.27. The van der Waals surface area contributed by atoms with Crippen LogP contribution in [-0.2, 0) is 23.9 Å². The van der Waals surface area contributed by atoms with E-state index in [2.05, 4.69) is 5.32 Å². The molecule has 0 heterocycles. The normalized spacial score (nSPS) is 11.7. The number of amides is 1. The third kappa shape index (κ3) is 10.6. The molecular weight excluding hydrogens is 522 g/mol. The molecule has 1 amide bonds. The second kappa shape index (κ2) is 16.0. The van der Waals surface area contributed by atoms with Gasteiger partial charge in [0.2, 0.25) is 5.91 Å². The fourth-order valence-electron chi connectivity index (χ4n) is 3.17. The zero-order chi connectivity index (χ0) is 28.8. The number of ether oxygens (including phenoxy) is 3. The molecule has 0 fully saturated rings. The van der Waals surface area contributed by atoms with E-state index in [1.54, 1.807) is 75.4 Å². The van der Waals surface area contributed by atoms with Crippen LogP contribution in [0.2, 0.25) is 0 Å². The molecule has 0 aliphatic carbocycles. The number of nitrogens with one attached hydrogen (secondary N) is 2. The second-order valence-electron chi connectivity index (χ2n) is 8.18. The predicted octanol–water partition coefficient (Wildman–Crippen LogP) is 3.33. The van der Waals surface area contributed by atoms with Gasteiger partial charge in [0.1, 0.15) is 17.6 Å². The van der Waals surface area contributed by atoms with Crippen molar-refractivity contribution in [2.24, 2.45) is 5.73 Å². The fourth-order valence-corrected chi connectivity index (χ4v) is 4.11. The number of carbonyl (C=O) groups excluding carboxylic acids is 4. The Morgan fingerprint density at radius 2 is 1.59 bits per heavy atom. The number of amidine groups is 1. The number of hydrogen-bond donors (Lipinski definition) is 3. The van der Waals surface area contributed by atoms with Crippen molar-refractivity contribution in [1.82, 2.24) is 5.32 Å². The highest BCUT2D eigenvalue weighted by molar-refractivity contribution is 7.99. The summed E-state index contributed by atoms with van der Waals surface area (Å²) in [6, 6.07) is 11.9. The van der Waals surface area contributed by atoms with Gasteiger partial charge >= 0.3 is 17.9 Å². The van der Waals surface area contributed by atoms with Crippen LogP contribution in [0, 0.1) is 5.41 Å². The Balaban J connectivity index is 1.97. The van der Waals surface area contributed by atoms with Crippen molar-refractivity contribution >= 4 is 47.5 Å². The van der Waals surface area contributed by atoms with Crippen LogP contribution in [0.15, 0.2) is 54.1 Å². The second-order valence-corrected chi connectivity index (χ2v) is 9.33. The van der Waals surface area contributed by atoms with Crippen molar-refractivity contribution in [2.75, 3.05) is 24.7 Å². The molecule has 0 aliphatic heterocycles. The summed E-state index contributed by atoms with van der Waals surface area (Å²) in [7, 11) is 0. The van der Waals surface area contributed by atoms with Crippen molar-refractivity contribution < 1.29 is 33.4 Å². The lowest BCUT2D eigenvalue weighted by Crippen LogP contribution is -2.44. The average molecular weight is 556 g/mol.